The predicted octanol–water partition coefficient (Wildman–Crippen LogP) is 3.08. The van der Waals surface area contributed by atoms with E-state index in [1.807, 2.05) is 24.3 Å². The van der Waals surface area contributed by atoms with E-state index in [4.69, 9.17) is 0 Å². The minimum Gasteiger partial charge on any atom is -0.322 e. The third-order valence-corrected chi connectivity index (χ3v) is 3.42. The van der Waals surface area contributed by atoms with Crippen molar-refractivity contribution >= 4 is 11.6 Å². The highest BCUT2D eigenvalue weighted by molar-refractivity contribution is 6.04. The van der Waals surface area contributed by atoms with Crippen molar-refractivity contribution < 1.29 is 4.79 Å². The fourth-order valence-electron chi connectivity index (χ4n) is 2.24. The molecular weight excluding hydrogens is 276 g/mol. The minimum absolute atomic E-state index is 0.148. The summed E-state index contributed by atoms with van der Waals surface area (Å²) in [5, 5.41) is 2.96. The first-order valence-electron chi connectivity index (χ1n) is 7.11. The van der Waals surface area contributed by atoms with Gasteiger partial charge in [-0.05, 0) is 30.2 Å². The van der Waals surface area contributed by atoms with E-state index >= 15 is 0 Å². The maximum atomic E-state index is 12.4. The number of nitrogens with zero attached hydrogens (tertiary/aromatic N) is 3. The molecule has 0 fully saturated rings. The molecule has 0 unspecified atom stereocenters. The van der Waals surface area contributed by atoms with E-state index in [1.165, 1.54) is 0 Å². The van der Waals surface area contributed by atoms with E-state index in [1.54, 1.807) is 41.6 Å². The molecule has 0 aliphatic carbocycles. The topological polar surface area (TPSA) is 59.8 Å². The number of anilines is 1. The number of amides is 1. The lowest BCUT2D eigenvalue weighted by molar-refractivity contribution is 0.102. The number of hydrogen-bond acceptors (Lipinski definition) is 3. The highest BCUT2D eigenvalue weighted by Gasteiger charge is 2.10. The Balaban J connectivity index is 1.85. The number of aryl methyl sites for hydroxylation is 1. The van der Waals surface area contributed by atoms with Gasteiger partial charge >= 0.3 is 0 Å². The molecule has 22 heavy (non-hydrogen) atoms. The van der Waals surface area contributed by atoms with Crippen LogP contribution in [-0.4, -0.2) is 20.4 Å². The quantitative estimate of drug-likeness (QED) is 0.804. The van der Waals surface area contributed by atoms with Gasteiger partial charge in [0.25, 0.3) is 5.91 Å². The van der Waals surface area contributed by atoms with E-state index < -0.39 is 0 Å². The number of para-hydroxylation sites is 1. The first kappa shape index (κ1) is 14.0. The highest BCUT2D eigenvalue weighted by atomic mass is 16.1. The minimum atomic E-state index is -0.148. The van der Waals surface area contributed by atoms with Crippen LogP contribution in [-0.2, 0) is 6.42 Å². The summed E-state index contributed by atoms with van der Waals surface area (Å²) in [6.07, 6.45) is 7.60. The Labute approximate surface area is 128 Å². The fraction of sp³-hybridized carbons (Fsp3) is 0.118. The number of carbonyl (C=O) groups is 1. The molecule has 2 heterocycles. The number of imidazole rings is 1. The summed E-state index contributed by atoms with van der Waals surface area (Å²) in [6, 6.07) is 11.2. The zero-order valence-electron chi connectivity index (χ0n) is 12.2. The van der Waals surface area contributed by atoms with Gasteiger partial charge in [-0.3, -0.25) is 9.36 Å². The van der Waals surface area contributed by atoms with Gasteiger partial charge in [0.15, 0.2) is 0 Å². The molecule has 0 radical (unpaired) electrons. The van der Waals surface area contributed by atoms with Crippen LogP contribution in [0.4, 0.5) is 5.69 Å². The van der Waals surface area contributed by atoms with Gasteiger partial charge in [-0.15, -0.1) is 0 Å². The molecule has 2 aromatic heterocycles. The van der Waals surface area contributed by atoms with Crippen LogP contribution in [0.25, 0.3) is 5.82 Å². The number of rotatable bonds is 4. The number of pyridine rings is 1. The van der Waals surface area contributed by atoms with Gasteiger partial charge in [0.05, 0.1) is 0 Å². The molecule has 1 amide bonds. The van der Waals surface area contributed by atoms with Crippen molar-refractivity contribution in [3.63, 3.8) is 0 Å². The van der Waals surface area contributed by atoms with Gasteiger partial charge in [0.1, 0.15) is 12.1 Å². The van der Waals surface area contributed by atoms with Crippen LogP contribution in [0.5, 0.6) is 0 Å². The molecule has 1 N–H and O–H groups in total. The van der Waals surface area contributed by atoms with Crippen LogP contribution in [0, 0.1) is 0 Å². The van der Waals surface area contributed by atoms with E-state index in [9.17, 15) is 4.79 Å². The molecule has 0 aliphatic heterocycles. The molecule has 3 aromatic rings. The van der Waals surface area contributed by atoms with E-state index in [0.717, 1.165) is 17.7 Å². The van der Waals surface area contributed by atoms with Gasteiger partial charge in [-0.1, -0.05) is 25.1 Å². The Hall–Kier alpha value is -2.95. The first-order chi connectivity index (χ1) is 10.8. The zero-order chi connectivity index (χ0) is 15.4. The van der Waals surface area contributed by atoms with Gasteiger partial charge in [0, 0.05) is 29.8 Å². The molecule has 0 aliphatic rings. The second-order valence-corrected chi connectivity index (χ2v) is 4.84. The summed E-state index contributed by atoms with van der Waals surface area (Å²) in [7, 11) is 0. The SMILES string of the molecule is CCc1ccccc1NC(=O)c1ccnc(-n2ccnc2)c1. The second-order valence-electron chi connectivity index (χ2n) is 4.84. The monoisotopic (exact) mass is 292 g/mol. The van der Waals surface area contributed by atoms with Crippen LogP contribution >= 0.6 is 0 Å². The standard InChI is InChI=1S/C17H16N4O/c1-2-13-5-3-4-6-15(13)20-17(22)14-7-8-19-16(11-14)21-10-9-18-12-21/h3-12H,2H2,1H3,(H,20,22). The molecule has 110 valence electrons. The Bertz CT molecular complexity index is 781. The number of carbonyl (C=O) groups excluding carboxylic acids is 1. The van der Waals surface area contributed by atoms with E-state index in [2.05, 4.69) is 22.2 Å². The Morgan fingerprint density at radius 2 is 2.09 bits per heavy atom. The predicted molar refractivity (Wildman–Crippen MR) is 85.1 cm³/mol. The average molecular weight is 292 g/mol. The molecule has 0 spiro atoms. The van der Waals surface area contributed by atoms with Crippen LogP contribution in [0.1, 0.15) is 22.8 Å². The maximum Gasteiger partial charge on any atom is 0.255 e. The molecule has 5 heteroatoms. The van der Waals surface area contributed by atoms with Gasteiger partial charge in [-0.2, -0.15) is 0 Å². The van der Waals surface area contributed by atoms with Gasteiger partial charge in [-0.25, -0.2) is 9.97 Å². The normalized spacial score (nSPS) is 10.4. The van der Waals surface area contributed by atoms with Crippen molar-refractivity contribution in [2.24, 2.45) is 0 Å². The summed E-state index contributed by atoms with van der Waals surface area (Å²) >= 11 is 0. The number of benzene rings is 1. The van der Waals surface area contributed by atoms with Crippen LogP contribution < -0.4 is 5.32 Å². The van der Waals surface area contributed by atoms with Gasteiger partial charge < -0.3 is 5.32 Å². The first-order valence-corrected chi connectivity index (χ1v) is 7.11. The van der Waals surface area contributed by atoms with Crippen molar-refractivity contribution in [3.8, 4) is 5.82 Å². The Morgan fingerprint density at radius 1 is 1.23 bits per heavy atom. The third-order valence-electron chi connectivity index (χ3n) is 3.42. The van der Waals surface area contributed by atoms with Crippen molar-refractivity contribution in [2.45, 2.75) is 13.3 Å². The van der Waals surface area contributed by atoms with E-state index in [-0.39, 0.29) is 5.91 Å². The summed E-state index contributed by atoms with van der Waals surface area (Å²) < 4.78 is 1.76. The third kappa shape index (κ3) is 2.88. The molecule has 3 rings (SSSR count). The van der Waals surface area contributed by atoms with Crippen LogP contribution in [0.3, 0.4) is 0 Å². The van der Waals surface area contributed by atoms with Crippen LogP contribution in [0.2, 0.25) is 0 Å². The number of nitrogens with one attached hydrogen (secondary N) is 1. The largest absolute Gasteiger partial charge is 0.322 e. The molecule has 0 bridgehead atoms. The number of hydrogen-bond donors (Lipinski definition) is 1. The molecule has 0 saturated heterocycles. The van der Waals surface area contributed by atoms with Crippen LogP contribution in [0.15, 0.2) is 61.3 Å². The summed E-state index contributed by atoms with van der Waals surface area (Å²) in [6.45, 7) is 2.06. The van der Waals surface area contributed by atoms with E-state index in [0.29, 0.717) is 11.4 Å². The molecule has 1 aromatic carbocycles. The van der Waals surface area contributed by atoms with Crippen molar-refractivity contribution in [1.29, 1.82) is 0 Å². The zero-order valence-corrected chi connectivity index (χ0v) is 12.2. The summed E-state index contributed by atoms with van der Waals surface area (Å²) in [4.78, 5) is 20.7. The fourth-order valence-corrected chi connectivity index (χ4v) is 2.24. The smallest absolute Gasteiger partial charge is 0.255 e. The molecule has 5 nitrogen and oxygen atoms in total. The Morgan fingerprint density at radius 3 is 2.86 bits per heavy atom. The Kier molecular flexibility index (Phi) is 3.96. The summed E-state index contributed by atoms with van der Waals surface area (Å²) in [5.74, 6) is 0.513. The average Bonchev–Trinajstić information content (AvgIpc) is 3.10. The number of aromatic nitrogens is 3. The lowest BCUT2D eigenvalue weighted by Crippen LogP contribution is -2.14. The molecular formula is C17H16N4O. The summed E-state index contributed by atoms with van der Waals surface area (Å²) in [5.41, 5.74) is 2.51. The molecule has 0 saturated carbocycles. The lowest BCUT2D eigenvalue weighted by Gasteiger charge is -2.10. The highest BCUT2D eigenvalue weighted by Crippen LogP contribution is 2.17. The van der Waals surface area contributed by atoms with Crippen molar-refractivity contribution in [1.82, 2.24) is 14.5 Å². The van der Waals surface area contributed by atoms with Gasteiger partial charge in [0.2, 0.25) is 0 Å². The molecule has 0 atom stereocenters. The van der Waals surface area contributed by atoms with Crippen molar-refractivity contribution in [3.05, 3.63) is 72.4 Å². The lowest BCUT2D eigenvalue weighted by atomic mass is 10.1. The maximum absolute atomic E-state index is 12.4. The second kappa shape index (κ2) is 6.22. The van der Waals surface area contributed by atoms with Crippen molar-refractivity contribution in [2.75, 3.05) is 5.32 Å².